The van der Waals surface area contributed by atoms with Gasteiger partial charge in [-0.25, -0.2) is 4.98 Å². The second-order valence-electron chi connectivity index (χ2n) is 6.66. The zero-order valence-electron chi connectivity index (χ0n) is 14.8. The van der Waals surface area contributed by atoms with E-state index in [-0.39, 0.29) is 0 Å². The summed E-state index contributed by atoms with van der Waals surface area (Å²) in [7, 11) is 0. The highest BCUT2D eigenvalue weighted by Crippen LogP contribution is 2.25. The van der Waals surface area contributed by atoms with Crippen LogP contribution in [0.4, 0.5) is 11.8 Å². The van der Waals surface area contributed by atoms with E-state index in [9.17, 15) is 0 Å². The molecule has 0 spiro atoms. The smallest absolute Gasteiger partial charge is 0.225 e. The van der Waals surface area contributed by atoms with Crippen molar-refractivity contribution in [2.75, 3.05) is 23.3 Å². The van der Waals surface area contributed by atoms with E-state index in [0.717, 1.165) is 42.5 Å². The summed E-state index contributed by atoms with van der Waals surface area (Å²) in [6.45, 7) is 6.53. The summed E-state index contributed by atoms with van der Waals surface area (Å²) in [5.74, 6) is 1.79. The Hall–Kier alpha value is -2.10. The summed E-state index contributed by atoms with van der Waals surface area (Å²) >= 11 is 0. The fraction of sp³-hybridized carbons (Fsp3) is 0.500. The van der Waals surface area contributed by atoms with Gasteiger partial charge in [-0.2, -0.15) is 4.98 Å². The summed E-state index contributed by atoms with van der Waals surface area (Å²) in [5.41, 5.74) is 2.14. The molecule has 0 amide bonds. The van der Waals surface area contributed by atoms with Crippen LogP contribution in [0.5, 0.6) is 0 Å². The molecule has 2 aromatic rings. The Kier molecular flexibility index (Phi) is 5.68. The molecule has 2 heterocycles. The Morgan fingerprint density at radius 2 is 1.75 bits per heavy atom. The van der Waals surface area contributed by atoms with Crippen LogP contribution in [0.25, 0.3) is 11.3 Å². The van der Waals surface area contributed by atoms with E-state index >= 15 is 0 Å². The molecule has 0 saturated carbocycles. The van der Waals surface area contributed by atoms with Gasteiger partial charge in [0.15, 0.2) is 0 Å². The third-order valence-corrected chi connectivity index (χ3v) is 4.70. The monoisotopic (exact) mass is 324 g/mol. The van der Waals surface area contributed by atoms with Gasteiger partial charge in [0.2, 0.25) is 5.95 Å². The molecule has 4 nitrogen and oxygen atoms in total. The van der Waals surface area contributed by atoms with Crippen molar-refractivity contribution in [3.05, 3.63) is 36.4 Å². The average Bonchev–Trinajstić information content (AvgIpc) is 2.91. The number of hydrogen-bond donors (Lipinski definition) is 1. The van der Waals surface area contributed by atoms with Crippen LogP contribution in [0.2, 0.25) is 0 Å². The minimum absolute atomic E-state index is 0.369. The molecule has 1 saturated heterocycles. The molecule has 128 valence electrons. The topological polar surface area (TPSA) is 41.1 Å². The lowest BCUT2D eigenvalue weighted by Crippen LogP contribution is -2.26. The highest BCUT2D eigenvalue weighted by atomic mass is 15.2. The number of nitrogens with one attached hydrogen (secondary N) is 1. The molecule has 4 heteroatoms. The van der Waals surface area contributed by atoms with Gasteiger partial charge in [0.1, 0.15) is 5.82 Å². The molecule has 1 aromatic heterocycles. The predicted octanol–water partition coefficient (Wildman–Crippen LogP) is 4.73. The average molecular weight is 324 g/mol. The van der Waals surface area contributed by atoms with E-state index in [0.29, 0.717) is 6.04 Å². The van der Waals surface area contributed by atoms with Crippen LogP contribution in [-0.2, 0) is 0 Å². The van der Waals surface area contributed by atoms with Crippen molar-refractivity contribution in [3.63, 3.8) is 0 Å². The lowest BCUT2D eigenvalue weighted by atomic mass is 10.1. The minimum Gasteiger partial charge on any atom is -0.356 e. The molecule has 1 aromatic carbocycles. The van der Waals surface area contributed by atoms with Gasteiger partial charge in [0.05, 0.1) is 5.69 Å². The zero-order valence-corrected chi connectivity index (χ0v) is 14.8. The molecule has 0 bridgehead atoms. The minimum atomic E-state index is 0.369. The van der Waals surface area contributed by atoms with Crippen LogP contribution in [0, 0.1) is 0 Å². The Bertz CT molecular complexity index is 633. The lowest BCUT2D eigenvalue weighted by molar-refractivity contribution is 0.726. The van der Waals surface area contributed by atoms with Gasteiger partial charge >= 0.3 is 0 Å². The first-order chi connectivity index (χ1) is 11.8. The number of aromatic nitrogens is 2. The Balaban J connectivity index is 1.95. The fourth-order valence-electron chi connectivity index (χ4n) is 3.04. The standard InChI is InChI=1S/C20H28N4/c1-3-16(2)21-20-22-18(17-11-7-6-8-12-17)15-19(23-20)24-13-9-4-5-10-14-24/h6-8,11-12,15-16H,3-5,9-10,13-14H2,1-2H3,(H,21,22,23). The van der Waals surface area contributed by atoms with Crippen molar-refractivity contribution in [2.45, 2.75) is 52.0 Å². The van der Waals surface area contributed by atoms with Crippen molar-refractivity contribution in [2.24, 2.45) is 0 Å². The first-order valence-corrected chi connectivity index (χ1v) is 9.22. The summed E-state index contributed by atoms with van der Waals surface area (Å²) in [6, 6.07) is 12.9. The second-order valence-corrected chi connectivity index (χ2v) is 6.66. The van der Waals surface area contributed by atoms with Crippen LogP contribution in [0.1, 0.15) is 46.0 Å². The van der Waals surface area contributed by atoms with Crippen LogP contribution in [-0.4, -0.2) is 29.1 Å². The highest BCUT2D eigenvalue weighted by molar-refractivity contribution is 5.64. The molecule has 1 aliphatic rings. The number of hydrogen-bond acceptors (Lipinski definition) is 4. The lowest BCUT2D eigenvalue weighted by Gasteiger charge is -2.23. The van der Waals surface area contributed by atoms with Gasteiger partial charge in [0.25, 0.3) is 0 Å². The predicted molar refractivity (Wildman–Crippen MR) is 102 cm³/mol. The number of rotatable bonds is 5. The molecule has 1 fully saturated rings. The van der Waals surface area contributed by atoms with Crippen LogP contribution in [0.3, 0.4) is 0 Å². The molecule has 24 heavy (non-hydrogen) atoms. The molecule has 1 N–H and O–H groups in total. The van der Waals surface area contributed by atoms with E-state index in [1.54, 1.807) is 0 Å². The van der Waals surface area contributed by atoms with Gasteiger partial charge in [-0.3, -0.25) is 0 Å². The van der Waals surface area contributed by atoms with Crippen LogP contribution >= 0.6 is 0 Å². The van der Waals surface area contributed by atoms with E-state index in [2.05, 4.69) is 54.4 Å². The van der Waals surface area contributed by atoms with Crippen molar-refractivity contribution < 1.29 is 0 Å². The van der Waals surface area contributed by atoms with Gasteiger partial charge in [-0.15, -0.1) is 0 Å². The molecule has 1 atom stereocenters. The van der Waals surface area contributed by atoms with Crippen molar-refractivity contribution in [1.82, 2.24) is 9.97 Å². The molecular formula is C20H28N4. The first kappa shape index (κ1) is 16.7. The van der Waals surface area contributed by atoms with E-state index < -0.39 is 0 Å². The van der Waals surface area contributed by atoms with E-state index in [4.69, 9.17) is 9.97 Å². The summed E-state index contributed by atoms with van der Waals surface area (Å²) in [6.07, 6.45) is 6.20. The van der Waals surface area contributed by atoms with Crippen LogP contribution < -0.4 is 10.2 Å². The molecule has 0 radical (unpaired) electrons. The molecule has 1 unspecified atom stereocenters. The van der Waals surface area contributed by atoms with E-state index in [1.807, 2.05) is 6.07 Å². The number of anilines is 2. The zero-order chi connectivity index (χ0) is 16.8. The quantitative estimate of drug-likeness (QED) is 0.863. The molecule has 3 rings (SSSR count). The maximum Gasteiger partial charge on any atom is 0.225 e. The maximum atomic E-state index is 4.82. The largest absolute Gasteiger partial charge is 0.356 e. The van der Waals surface area contributed by atoms with Crippen molar-refractivity contribution in [3.8, 4) is 11.3 Å². The first-order valence-electron chi connectivity index (χ1n) is 9.22. The Morgan fingerprint density at radius 3 is 2.42 bits per heavy atom. The van der Waals surface area contributed by atoms with Crippen molar-refractivity contribution in [1.29, 1.82) is 0 Å². The second kappa shape index (κ2) is 8.13. The summed E-state index contributed by atoms with van der Waals surface area (Å²) < 4.78 is 0. The van der Waals surface area contributed by atoms with E-state index in [1.165, 1.54) is 25.7 Å². The Morgan fingerprint density at radius 1 is 1.04 bits per heavy atom. The van der Waals surface area contributed by atoms with Gasteiger partial charge in [-0.05, 0) is 26.2 Å². The molecule has 0 aliphatic carbocycles. The third kappa shape index (κ3) is 4.25. The van der Waals surface area contributed by atoms with Crippen molar-refractivity contribution >= 4 is 11.8 Å². The van der Waals surface area contributed by atoms with Gasteiger partial charge in [-0.1, -0.05) is 50.1 Å². The third-order valence-electron chi connectivity index (χ3n) is 4.70. The van der Waals surface area contributed by atoms with Crippen LogP contribution in [0.15, 0.2) is 36.4 Å². The molecule has 1 aliphatic heterocycles. The highest BCUT2D eigenvalue weighted by Gasteiger charge is 2.15. The number of benzene rings is 1. The number of nitrogens with zero attached hydrogens (tertiary/aromatic N) is 3. The normalized spacial score (nSPS) is 16.5. The Labute approximate surface area is 145 Å². The molecular weight excluding hydrogens is 296 g/mol. The summed E-state index contributed by atoms with van der Waals surface area (Å²) in [5, 5.41) is 3.45. The SMILES string of the molecule is CCC(C)Nc1nc(-c2ccccc2)cc(N2CCCCCC2)n1. The maximum absolute atomic E-state index is 4.82. The van der Waals surface area contributed by atoms with Gasteiger partial charge < -0.3 is 10.2 Å². The summed E-state index contributed by atoms with van der Waals surface area (Å²) in [4.78, 5) is 12.0. The van der Waals surface area contributed by atoms with Gasteiger partial charge in [0, 0.05) is 30.8 Å². The fourth-order valence-corrected chi connectivity index (χ4v) is 3.04.